The van der Waals surface area contributed by atoms with Crippen LogP contribution in [-0.2, 0) is 0 Å². The van der Waals surface area contributed by atoms with Gasteiger partial charge in [-0.25, -0.2) is 17.6 Å². The highest BCUT2D eigenvalue weighted by Crippen LogP contribution is 2.26. The van der Waals surface area contributed by atoms with Gasteiger partial charge in [-0.3, -0.25) is 4.79 Å². The molecule has 1 aromatic rings. The first kappa shape index (κ1) is 10.7. The van der Waals surface area contributed by atoms with E-state index in [4.69, 9.17) is 0 Å². The minimum absolute atomic E-state index is 0.260. The molecule has 0 saturated carbocycles. The maximum Gasteiger partial charge on any atom is 0.269 e. The number of alkyl halides is 2. The van der Waals surface area contributed by atoms with Gasteiger partial charge in [-0.15, -0.1) is 0 Å². The Hall–Kier alpha value is -1.39. The largest absolute Gasteiger partial charge is 0.295 e. The summed E-state index contributed by atoms with van der Waals surface area (Å²) in [6.45, 7) is 1.09. The van der Waals surface area contributed by atoms with E-state index in [0.29, 0.717) is 12.1 Å². The summed E-state index contributed by atoms with van der Waals surface area (Å²) in [7, 11) is 0. The molecule has 0 atom stereocenters. The second-order valence-corrected chi connectivity index (χ2v) is 2.71. The van der Waals surface area contributed by atoms with Crippen LogP contribution in [0.25, 0.3) is 0 Å². The normalized spacial score (nSPS) is 10.7. The van der Waals surface area contributed by atoms with Gasteiger partial charge in [-0.1, -0.05) is 0 Å². The number of carbonyl (C=O) groups excluding carboxylic acids is 1. The second-order valence-electron chi connectivity index (χ2n) is 2.71. The Morgan fingerprint density at radius 1 is 1.21 bits per heavy atom. The molecule has 0 radical (unpaired) electrons. The van der Waals surface area contributed by atoms with Crippen LogP contribution in [0.3, 0.4) is 0 Å². The van der Waals surface area contributed by atoms with Crippen LogP contribution >= 0.6 is 0 Å². The quantitative estimate of drug-likeness (QED) is 0.536. The molecule has 0 aliphatic heterocycles. The van der Waals surface area contributed by atoms with Crippen molar-refractivity contribution in [1.82, 2.24) is 0 Å². The summed E-state index contributed by atoms with van der Waals surface area (Å²) < 4.78 is 49.8. The van der Waals surface area contributed by atoms with Crippen LogP contribution in [0.5, 0.6) is 0 Å². The first-order valence-corrected chi connectivity index (χ1v) is 3.71. The molecular weight excluding hydrogens is 200 g/mol. The Labute approximate surface area is 77.3 Å². The Bertz CT molecular complexity index is 350. The average molecular weight is 206 g/mol. The van der Waals surface area contributed by atoms with Gasteiger partial charge in [0.15, 0.2) is 5.78 Å². The molecule has 1 rings (SSSR count). The molecule has 1 aromatic carbocycles. The second kappa shape index (κ2) is 3.77. The molecule has 0 unspecified atom stereocenters. The van der Waals surface area contributed by atoms with Crippen molar-refractivity contribution >= 4 is 5.78 Å². The van der Waals surface area contributed by atoms with Crippen LogP contribution in [-0.4, -0.2) is 5.78 Å². The lowest BCUT2D eigenvalue weighted by Crippen LogP contribution is -2.01. The van der Waals surface area contributed by atoms with E-state index in [1.165, 1.54) is 0 Å². The van der Waals surface area contributed by atoms with Crippen LogP contribution in [0, 0.1) is 11.6 Å². The highest BCUT2D eigenvalue weighted by Gasteiger charge is 2.20. The molecule has 0 bridgehead atoms. The summed E-state index contributed by atoms with van der Waals surface area (Å²) in [5, 5.41) is 0. The predicted molar refractivity (Wildman–Crippen MR) is 41.3 cm³/mol. The Kier molecular flexibility index (Phi) is 2.88. The van der Waals surface area contributed by atoms with Crippen LogP contribution in [0.4, 0.5) is 17.6 Å². The predicted octanol–water partition coefficient (Wildman–Crippen LogP) is 3.11. The van der Waals surface area contributed by atoms with Gasteiger partial charge in [0.1, 0.15) is 11.6 Å². The molecule has 0 aromatic heterocycles. The summed E-state index contributed by atoms with van der Waals surface area (Å²) in [5.41, 5.74) is -1.56. The number of benzene rings is 1. The van der Waals surface area contributed by atoms with E-state index in [-0.39, 0.29) is 5.56 Å². The van der Waals surface area contributed by atoms with Crippen molar-refractivity contribution in [2.45, 2.75) is 13.3 Å². The van der Waals surface area contributed by atoms with Gasteiger partial charge in [-0.05, 0) is 19.1 Å². The van der Waals surface area contributed by atoms with Crippen molar-refractivity contribution in [3.05, 3.63) is 34.9 Å². The molecular formula is C9H6F4O. The molecule has 14 heavy (non-hydrogen) atoms. The molecule has 0 saturated heterocycles. The maximum atomic E-state index is 12.8. The highest BCUT2D eigenvalue weighted by atomic mass is 19.3. The van der Waals surface area contributed by atoms with Crippen molar-refractivity contribution < 1.29 is 22.4 Å². The van der Waals surface area contributed by atoms with E-state index >= 15 is 0 Å². The van der Waals surface area contributed by atoms with E-state index in [1.54, 1.807) is 0 Å². The van der Waals surface area contributed by atoms with Gasteiger partial charge < -0.3 is 0 Å². The van der Waals surface area contributed by atoms with Gasteiger partial charge in [-0.2, -0.15) is 0 Å². The van der Waals surface area contributed by atoms with Crippen LogP contribution in [0.1, 0.15) is 29.3 Å². The topological polar surface area (TPSA) is 17.1 Å². The van der Waals surface area contributed by atoms with Crippen molar-refractivity contribution in [3.8, 4) is 0 Å². The molecule has 0 aliphatic rings. The molecule has 1 nitrogen and oxygen atoms in total. The first-order valence-electron chi connectivity index (χ1n) is 3.71. The summed E-state index contributed by atoms with van der Waals surface area (Å²) in [4.78, 5) is 10.7. The lowest BCUT2D eigenvalue weighted by molar-refractivity contribution is 0.101. The van der Waals surface area contributed by atoms with Gasteiger partial charge >= 0.3 is 0 Å². The molecule has 0 aliphatic carbocycles. The number of hydrogen-bond acceptors (Lipinski definition) is 1. The molecule has 76 valence electrons. The first-order chi connectivity index (χ1) is 6.43. The summed E-state index contributed by atoms with van der Waals surface area (Å²) in [6.07, 6.45) is -3.23. The zero-order valence-corrected chi connectivity index (χ0v) is 7.15. The fourth-order valence-corrected chi connectivity index (χ4v) is 0.996. The van der Waals surface area contributed by atoms with Crippen molar-refractivity contribution in [3.63, 3.8) is 0 Å². The highest BCUT2D eigenvalue weighted by molar-refractivity contribution is 5.94. The van der Waals surface area contributed by atoms with Gasteiger partial charge in [0.05, 0.1) is 5.56 Å². The van der Waals surface area contributed by atoms with E-state index in [0.717, 1.165) is 6.92 Å². The Morgan fingerprint density at radius 2 is 1.64 bits per heavy atom. The van der Waals surface area contributed by atoms with Crippen LogP contribution in [0.15, 0.2) is 12.1 Å². The van der Waals surface area contributed by atoms with Crippen molar-refractivity contribution in [2.75, 3.05) is 0 Å². The zero-order chi connectivity index (χ0) is 10.9. The summed E-state index contributed by atoms with van der Waals surface area (Å²) in [5.74, 6) is -3.38. The lowest BCUT2D eigenvalue weighted by atomic mass is 10.1. The third kappa shape index (κ3) is 1.92. The molecule has 0 amide bonds. The minimum Gasteiger partial charge on any atom is -0.295 e. The van der Waals surface area contributed by atoms with Gasteiger partial charge in [0.2, 0.25) is 0 Å². The molecule has 0 N–H and O–H groups in total. The van der Waals surface area contributed by atoms with E-state index in [9.17, 15) is 22.4 Å². The molecule has 0 heterocycles. The van der Waals surface area contributed by atoms with E-state index in [2.05, 4.69) is 0 Å². The maximum absolute atomic E-state index is 12.8. The monoisotopic (exact) mass is 206 g/mol. The molecule has 0 fully saturated rings. The Morgan fingerprint density at radius 3 is 1.93 bits per heavy atom. The lowest BCUT2D eigenvalue weighted by Gasteiger charge is -2.04. The van der Waals surface area contributed by atoms with Crippen molar-refractivity contribution in [1.29, 1.82) is 0 Å². The standard InChI is InChI=1S/C9H6F4O/c1-4(14)5-2-6(10)8(9(12)13)7(11)3-5/h2-3,9H,1H3. The van der Waals surface area contributed by atoms with E-state index in [1.807, 2.05) is 0 Å². The SMILES string of the molecule is CC(=O)c1cc(F)c(C(F)F)c(F)c1. The summed E-state index contributed by atoms with van der Waals surface area (Å²) >= 11 is 0. The number of Topliss-reactive ketones (excluding diaryl/α,β-unsaturated/α-hetero) is 1. The zero-order valence-electron chi connectivity index (χ0n) is 7.15. The number of rotatable bonds is 2. The van der Waals surface area contributed by atoms with Gasteiger partial charge in [0.25, 0.3) is 6.43 Å². The molecule has 5 heteroatoms. The van der Waals surface area contributed by atoms with Crippen LogP contribution in [0.2, 0.25) is 0 Å². The molecule has 0 spiro atoms. The van der Waals surface area contributed by atoms with E-state index < -0.39 is 29.4 Å². The number of ketones is 1. The number of carbonyl (C=O) groups is 1. The Balaban J connectivity index is 3.32. The summed E-state index contributed by atoms with van der Waals surface area (Å²) in [6, 6.07) is 1.21. The number of halogens is 4. The fraction of sp³-hybridized carbons (Fsp3) is 0.222. The third-order valence-corrected chi connectivity index (χ3v) is 1.70. The third-order valence-electron chi connectivity index (χ3n) is 1.70. The smallest absolute Gasteiger partial charge is 0.269 e. The van der Waals surface area contributed by atoms with Gasteiger partial charge in [0, 0.05) is 5.56 Å². The fourth-order valence-electron chi connectivity index (χ4n) is 0.996. The number of hydrogen-bond donors (Lipinski definition) is 0. The average Bonchev–Trinajstić information content (AvgIpc) is 2.01. The van der Waals surface area contributed by atoms with Crippen LogP contribution < -0.4 is 0 Å². The van der Waals surface area contributed by atoms with Crippen molar-refractivity contribution in [2.24, 2.45) is 0 Å². The minimum atomic E-state index is -3.23.